The van der Waals surface area contributed by atoms with Crippen molar-refractivity contribution in [1.29, 1.82) is 0 Å². The van der Waals surface area contributed by atoms with Gasteiger partial charge < -0.3 is 15.8 Å². The van der Waals surface area contributed by atoms with Crippen molar-refractivity contribution in [3.8, 4) is 0 Å². The second-order valence-corrected chi connectivity index (χ2v) is 5.00. The molecule has 2 aliphatic heterocycles. The lowest BCUT2D eigenvalue weighted by Crippen LogP contribution is -2.32. The lowest BCUT2D eigenvalue weighted by atomic mass is 9.93. The predicted octanol–water partition coefficient (Wildman–Crippen LogP) is 1.15. The van der Waals surface area contributed by atoms with Gasteiger partial charge in [0.05, 0.1) is 12.1 Å². The Morgan fingerprint density at radius 2 is 2.33 bits per heavy atom. The van der Waals surface area contributed by atoms with Crippen LogP contribution in [0.5, 0.6) is 0 Å². The Balaban J connectivity index is 1.88. The number of nitrogens with one attached hydrogen (secondary N) is 1. The summed E-state index contributed by atoms with van der Waals surface area (Å²) in [7, 11) is 0. The molecule has 1 aromatic carbocycles. The molecule has 4 nitrogen and oxygen atoms in total. The maximum atomic E-state index is 11.8. The zero-order valence-corrected chi connectivity index (χ0v) is 10.3. The van der Waals surface area contributed by atoms with Crippen molar-refractivity contribution < 1.29 is 9.53 Å². The van der Waals surface area contributed by atoms with Gasteiger partial charge in [-0.2, -0.15) is 0 Å². The minimum Gasteiger partial charge on any atom is -0.376 e. The van der Waals surface area contributed by atoms with Gasteiger partial charge in [0, 0.05) is 18.7 Å². The number of ether oxygens (including phenoxy) is 1. The average molecular weight is 246 g/mol. The molecule has 0 aliphatic carbocycles. The topological polar surface area (TPSA) is 64.4 Å². The van der Waals surface area contributed by atoms with Gasteiger partial charge in [0.15, 0.2) is 0 Å². The summed E-state index contributed by atoms with van der Waals surface area (Å²) in [6, 6.07) is 5.85. The Bertz CT molecular complexity index is 467. The molecule has 1 saturated heterocycles. The molecule has 0 aromatic heterocycles. The van der Waals surface area contributed by atoms with E-state index in [0.29, 0.717) is 0 Å². The van der Waals surface area contributed by atoms with E-state index >= 15 is 0 Å². The van der Waals surface area contributed by atoms with Gasteiger partial charge in [-0.25, -0.2) is 0 Å². The van der Waals surface area contributed by atoms with Crippen molar-refractivity contribution in [1.82, 2.24) is 5.32 Å². The molecule has 2 unspecified atom stereocenters. The summed E-state index contributed by atoms with van der Waals surface area (Å²) in [5.74, 6) is 0.0117. The van der Waals surface area contributed by atoms with Crippen molar-refractivity contribution in [2.45, 2.75) is 31.4 Å². The summed E-state index contributed by atoms with van der Waals surface area (Å²) in [6.07, 6.45) is 3.07. The summed E-state index contributed by atoms with van der Waals surface area (Å²) in [6.45, 7) is 1.52. The molecule has 96 valence electrons. The molecule has 2 heterocycles. The molecular weight excluding hydrogens is 228 g/mol. The highest BCUT2D eigenvalue weighted by Gasteiger charge is 2.26. The van der Waals surface area contributed by atoms with E-state index in [1.54, 1.807) is 0 Å². The normalized spacial score (nSPS) is 24.5. The Hall–Kier alpha value is -1.39. The Morgan fingerprint density at radius 1 is 1.44 bits per heavy atom. The third-order valence-corrected chi connectivity index (χ3v) is 3.81. The Kier molecular flexibility index (Phi) is 3.06. The van der Waals surface area contributed by atoms with E-state index in [-0.39, 0.29) is 18.1 Å². The molecule has 0 spiro atoms. The molecule has 18 heavy (non-hydrogen) atoms. The number of rotatable bonds is 2. The van der Waals surface area contributed by atoms with Gasteiger partial charge in [0.1, 0.15) is 0 Å². The van der Waals surface area contributed by atoms with Gasteiger partial charge in [-0.05, 0) is 36.5 Å². The van der Waals surface area contributed by atoms with Crippen LogP contribution < -0.4 is 11.1 Å². The SMILES string of the molecule is NC(c1ccc2c(c1)C(=O)NCC2)C1CCCO1. The van der Waals surface area contributed by atoms with Crippen molar-refractivity contribution in [3.63, 3.8) is 0 Å². The van der Waals surface area contributed by atoms with Gasteiger partial charge in [0.2, 0.25) is 0 Å². The lowest BCUT2D eigenvalue weighted by Gasteiger charge is -2.22. The van der Waals surface area contributed by atoms with Crippen LogP contribution in [-0.4, -0.2) is 25.2 Å². The van der Waals surface area contributed by atoms with Crippen LogP contribution in [0, 0.1) is 0 Å². The maximum Gasteiger partial charge on any atom is 0.251 e. The number of nitrogens with two attached hydrogens (primary N) is 1. The van der Waals surface area contributed by atoms with E-state index in [0.717, 1.165) is 49.1 Å². The van der Waals surface area contributed by atoms with Crippen molar-refractivity contribution in [2.24, 2.45) is 5.73 Å². The number of carbonyl (C=O) groups excluding carboxylic acids is 1. The average Bonchev–Trinajstić information content (AvgIpc) is 2.92. The van der Waals surface area contributed by atoms with Crippen molar-refractivity contribution >= 4 is 5.91 Å². The van der Waals surface area contributed by atoms with Crippen molar-refractivity contribution in [2.75, 3.05) is 13.2 Å². The third kappa shape index (κ3) is 2.02. The highest BCUT2D eigenvalue weighted by Crippen LogP contribution is 2.27. The summed E-state index contributed by atoms with van der Waals surface area (Å²) >= 11 is 0. The lowest BCUT2D eigenvalue weighted by molar-refractivity contribution is 0.0896. The van der Waals surface area contributed by atoms with E-state index in [2.05, 4.69) is 5.32 Å². The second kappa shape index (κ2) is 4.71. The minimum absolute atomic E-state index is 0.0117. The number of amides is 1. The Labute approximate surface area is 107 Å². The minimum atomic E-state index is -0.132. The predicted molar refractivity (Wildman–Crippen MR) is 68.4 cm³/mol. The molecule has 0 saturated carbocycles. The summed E-state index contributed by atoms with van der Waals surface area (Å²) in [4.78, 5) is 11.8. The highest BCUT2D eigenvalue weighted by atomic mass is 16.5. The van der Waals surface area contributed by atoms with Crippen LogP contribution in [0.4, 0.5) is 0 Å². The third-order valence-electron chi connectivity index (χ3n) is 3.81. The van der Waals surface area contributed by atoms with Crippen molar-refractivity contribution in [3.05, 3.63) is 34.9 Å². The van der Waals surface area contributed by atoms with E-state index in [1.807, 2.05) is 18.2 Å². The number of carbonyl (C=O) groups is 1. The van der Waals surface area contributed by atoms with Gasteiger partial charge >= 0.3 is 0 Å². The highest BCUT2D eigenvalue weighted by molar-refractivity contribution is 5.96. The Morgan fingerprint density at radius 3 is 3.11 bits per heavy atom. The first-order chi connectivity index (χ1) is 8.75. The number of fused-ring (bicyclic) bond motifs is 1. The number of benzene rings is 1. The van der Waals surface area contributed by atoms with Gasteiger partial charge in [-0.3, -0.25) is 4.79 Å². The van der Waals surface area contributed by atoms with Gasteiger partial charge in [-0.15, -0.1) is 0 Å². The molecule has 3 rings (SSSR count). The maximum absolute atomic E-state index is 11.8. The fourth-order valence-corrected chi connectivity index (χ4v) is 2.74. The number of hydrogen-bond donors (Lipinski definition) is 2. The van der Waals surface area contributed by atoms with Crippen LogP contribution in [-0.2, 0) is 11.2 Å². The fraction of sp³-hybridized carbons (Fsp3) is 0.500. The molecular formula is C14H18N2O2. The zero-order chi connectivity index (χ0) is 12.5. The smallest absolute Gasteiger partial charge is 0.251 e. The van der Waals surface area contributed by atoms with Crippen LogP contribution in [0.2, 0.25) is 0 Å². The second-order valence-electron chi connectivity index (χ2n) is 5.00. The first kappa shape index (κ1) is 11.7. The van der Waals surface area contributed by atoms with Gasteiger partial charge in [-0.1, -0.05) is 12.1 Å². The first-order valence-corrected chi connectivity index (χ1v) is 6.54. The molecule has 0 radical (unpaired) electrons. The fourth-order valence-electron chi connectivity index (χ4n) is 2.74. The zero-order valence-electron chi connectivity index (χ0n) is 10.3. The monoisotopic (exact) mass is 246 g/mol. The molecule has 2 aliphatic rings. The molecule has 2 atom stereocenters. The summed E-state index contributed by atoms with van der Waals surface area (Å²) in [5, 5.41) is 2.86. The largest absolute Gasteiger partial charge is 0.376 e. The molecule has 1 aromatic rings. The van der Waals surface area contributed by atoms with Crippen LogP contribution >= 0.6 is 0 Å². The first-order valence-electron chi connectivity index (χ1n) is 6.54. The molecule has 4 heteroatoms. The van der Waals surface area contributed by atoms with Crippen LogP contribution in [0.25, 0.3) is 0 Å². The molecule has 1 fully saturated rings. The molecule has 3 N–H and O–H groups in total. The standard InChI is InChI=1S/C14H18N2O2/c15-13(12-2-1-7-18-12)10-4-3-9-5-6-16-14(17)11(9)8-10/h3-4,8,12-13H,1-2,5-7,15H2,(H,16,17). The van der Waals surface area contributed by atoms with E-state index in [9.17, 15) is 4.79 Å². The van der Waals surface area contributed by atoms with Crippen LogP contribution in [0.1, 0.15) is 40.4 Å². The van der Waals surface area contributed by atoms with Crippen LogP contribution in [0.15, 0.2) is 18.2 Å². The summed E-state index contributed by atoms with van der Waals surface area (Å²) < 4.78 is 5.61. The van der Waals surface area contributed by atoms with E-state index in [4.69, 9.17) is 10.5 Å². The molecule has 0 bridgehead atoms. The number of hydrogen-bond acceptors (Lipinski definition) is 3. The van der Waals surface area contributed by atoms with Crippen LogP contribution in [0.3, 0.4) is 0 Å². The summed E-state index contributed by atoms with van der Waals surface area (Å²) in [5.41, 5.74) is 9.10. The van der Waals surface area contributed by atoms with Gasteiger partial charge in [0.25, 0.3) is 5.91 Å². The molecule has 1 amide bonds. The quantitative estimate of drug-likeness (QED) is 0.822. The van der Waals surface area contributed by atoms with E-state index < -0.39 is 0 Å². The van der Waals surface area contributed by atoms with E-state index in [1.165, 1.54) is 0 Å².